The Morgan fingerprint density at radius 2 is 2.00 bits per heavy atom. The van der Waals surface area contributed by atoms with Crippen molar-refractivity contribution in [3.8, 4) is 0 Å². The van der Waals surface area contributed by atoms with Gasteiger partial charge in [0, 0.05) is 11.2 Å². The van der Waals surface area contributed by atoms with Crippen molar-refractivity contribution in [3.05, 3.63) is 53.2 Å². The van der Waals surface area contributed by atoms with Crippen LogP contribution in [-0.2, 0) is 10.0 Å². The van der Waals surface area contributed by atoms with Crippen LogP contribution in [-0.4, -0.2) is 24.5 Å². The fraction of sp³-hybridized carbons (Fsp3) is 0. The van der Waals surface area contributed by atoms with E-state index in [0.717, 1.165) is 0 Å². The number of pyridine rings is 1. The second-order valence-corrected chi connectivity index (χ2v) is 5.89. The van der Waals surface area contributed by atoms with Gasteiger partial charge in [-0.2, -0.15) is 0 Å². The van der Waals surface area contributed by atoms with Crippen molar-refractivity contribution in [3.63, 3.8) is 0 Å². The number of halogens is 1. The van der Waals surface area contributed by atoms with Crippen LogP contribution in [0, 0.1) is 0 Å². The van der Waals surface area contributed by atoms with E-state index in [0.29, 0.717) is 0 Å². The number of nitrogens with zero attached hydrogens (tertiary/aromatic N) is 1. The molecule has 2 aromatic rings. The van der Waals surface area contributed by atoms with Gasteiger partial charge in [0.25, 0.3) is 10.0 Å². The number of aromatic nitrogens is 1. The molecule has 0 aliphatic carbocycles. The molecule has 8 heteroatoms. The van der Waals surface area contributed by atoms with Gasteiger partial charge in [-0.15, -0.1) is 0 Å². The van der Waals surface area contributed by atoms with Crippen LogP contribution in [0.25, 0.3) is 0 Å². The molecule has 1 aromatic carbocycles. The number of sulfonamides is 1. The smallest absolute Gasteiger partial charge is 0.339 e. The second-order valence-electron chi connectivity index (χ2n) is 3.77. The summed E-state index contributed by atoms with van der Waals surface area (Å²) in [5.41, 5.74) is -0.238. The zero-order chi connectivity index (χ0) is 14.8. The summed E-state index contributed by atoms with van der Waals surface area (Å²) in [6.07, 6.45) is 1.29. The molecule has 0 unspecified atom stereocenters. The lowest BCUT2D eigenvalue weighted by molar-refractivity contribution is 0.0697. The van der Waals surface area contributed by atoms with Gasteiger partial charge in [-0.05, 0) is 30.3 Å². The number of hydrogen-bond acceptors (Lipinski definition) is 4. The Hall–Kier alpha value is -2.12. The third-order valence-corrected chi connectivity index (χ3v) is 3.95. The highest BCUT2D eigenvalue weighted by atomic mass is 35.5. The largest absolute Gasteiger partial charge is 0.478 e. The van der Waals surface area contributed by atoms with Gasteiger partial charge in [-0.25, -0.2) is 18.2 Å². The Kier molecular flexibility index (Phi) is 3.91. The van der Waals surface area contributed by atoms with Gasteiger partial charge in [0.1, 0.15) is 5.56 Å². The summed E-state index contributed by atoms with van der Waals surface area (Å²) in [4.78, 5) is 14.7. The minimum atomic E-state index is -3.95. The maximum Gasteiger partial charge on any atom is 0.339 e. The van der Waals surface area contributed by atoms with Gasteiger partial charge >= 0.3 is 5.97 Å². The summed E-state index contributed by atoms with van der Waals surface area (Å²) in [5, 5.41) is 9.24. The average Bonchev–Trinajstić information content (AvgIpc) is 2.38. The number of carboxylic acid groups (broad SMARTS) is 1. The molecule has 104 valence electrons. The van der Waals surface area contributed by atoms with E-state index < -0.39 is 16.0 Å². The van der Waals surface area contributed by atoms with Crippen molar-refractivity contribution in [2.45, 2.75) is 4.90 Å². The molecular weight excluding hydrogens is 304 g/mol. The van der Waals surface area contributed by atoms with Crippen molar-refractivity contribution in [2.24, 2.45) is 0 Å². The molecule has 0 aliphatic heterocycles. The Labute approximate surface area is 120 Å². The Bertz CT molecular complexity index is 762. The van der Waals surface area contributed by atoms with Crippen molar-refractivity contribution < 1.29 is 18.3 Å². The molecule has 1 aromatic heterocycles. The topological polar surface area (TPSA) is 96.4 Å². The number of carbonyl (C=O) groups is 1. The van der Waals surface area contributed by atoms with Crippen molar-refractivity contribution in [1.82, 2.24) is 4.98 Å². The molecule has 2 rings (SSSR count). The van der Waals surface area contributed by atoms with E-state index in [2.05, 4.69) is 9.71 Å². The first-order chi connectivity index (χ1) is 9.40. The average molecular weight is 313 g/mol. The lowest BCUT2D eigenvalue weighted by Gasteiger charge is -2.09. The van der Waals surface area contributed by atoms with E-state index in [1.165, 1.54) is 42.6 Å². The first-order valence-electron chi connectivity index (χ1n) is 5.37. The summed E-state index contributed by atoms with van der Waals surface area (Å²) in [7, 11) is -3.95. The Balaban J connectivity index is 2.41. The minimum absolute atomic E-state index is 0.0769. The Morgan fingerprint density at radius 1 is 1.25 bits per heavy atom. The van der Waals surface area contributed by atoms with E-state index >= 15 is 0 Å². The molecule has 0 saturated carbocycles. The molecule has 0 spiro atoms. The summed E-state index contributed by atoms with van der Waals surface area (Å²) in [6, 6.07) is 8.27. The lowest BCUT2D eigenvalue weighted by atomic mass is 10.3. The predicted octanol–water partition coefficient (Wildman–Crippen LogP) is 2.23. The van der Waals surface area contributed by atoms with Crippen LogP contribution < -0.4 is 4.72 Å². The molecule has 6 nitrogen and oxygen atoms in total. The highest BCUT2D eigenvalue weighted by Gasteiger charge is 2.19. The molecule has 0 atom stereocenters. The van der Waals surface area contributed by atoms with Crippen LogP contribution in [0.3, 0.4) is 0 Å². The van der Waals surface area contributed by atoms with Gasteiger partial charge in [0.2, 0.25) is 0 Å². The van der Waals surface area contributed by atoms with Gasteiger partial charge in [0.05, 0.1) is 4.90 Å². The summed E-state index contributed by atoms with van der Waals surface area (Å²) < 4.78 is 26.4. The normalized spacial score (nSPS) is 11.1. The first-order valence-corrected chi connectivity index (χ1v) is 7.23. The van der Waals surface area contributed by atoms with Crippen molar-refractivity contribution in [2.75, 3.05) is 4.72 Å². The zero-order valence-corrected chi connectivity index (χ0v) is 11.5. The van der Waals surface area contributed by atoms with Crippen LogP contribution in [0.4, 0.5) is 5.82 Å². The maximum atomic E-state index is 12.1. The summed E-state index contributed by atoms with van der Waals surface area (Å²) in [6.45, 7) is 0. The van der Waals surface area contributed by atoms with Gasteiger partial charge in [0.15, 0.2) is 5.82 Å². The molecule has 20 heavy (non-hydrogen) atoms. The van der Waals surface area contributed by atoms with Crippen LogP contribution in [0.1, 0.15) is 10.4 Å². The van der Waals surface area contributed by atoms with Gasteiger partial charge in [-0.3, -0.25) is 4.72 Å². The third-order valence-electron chi connectivity index (χ3n) is 2.38. The molecule has 0 bridgehead atoms. The molecule has 0 amide bonds. The maximum absolute atomic E-state index is 12.1. The predicted molar refractivity (Wildman–Crippen MR) is 73.5 cm³/mol. The highest BCUT2D eigenvalue weighted by Crippen LogP contribution is 2.20. The quantitative estimate of drug-likeness (QED) is 0.902. The highest BCUT2D eigenvalue weighted by molar-refractivity contribution is 7.92. The number of rotatable bonds is 4. The fourth-order valence-electron chi connectivity index (χ4n) is 1.48. The number of anilines is 1. The minimum Gasteiger partial charge on any atom is -0.478 e. The van der Waals surface area contributed by atoms with Crippen molar-refractivity contribution in [1.29, 1.82) is 0 Å². The fourth-order valence-corrected chi connectivity index (χ4v) is 2.81. The van der Waals surface area contributed by atoms with E-state index in [4.69, 9.17) is 16.7 Å². The third kappa shape index (κ3) is 3.06. The first kappa shape index (κ1) is 14.3. The number of hydrogen-bond donors (Lipinski definition) is 2. The molecule has 1 heterocycles. The number of nitrogens with one attached hydrogen (secondary N) is 1. The van der Waals surface area contributed by atoms with Gasteiger partial charge < -0.3 is 5.11 Å². The standard InChI is InChI=1S/C12H9ClN2O4S/c13-8-3-1-4-9(7-8)20(18,19)15-11-10(12(16)17)5-2-6-14-11/h1-7H,(H,14,15)(H,16,17). The SMILES string of the molecule is O=C(O)c1cccnc1NS(=O)(=O)c1cccc(Cl)c1. The molecule has 0 saturated heterocycles. The summed E-state index contributed by atoms with van der Waals surface area (Å²) in [5.74, 6) is -1.53. The monoisotopic (exact) mass is 312 g/mol. The molecule has 0 fully saturated rings. The second kappa shape index (κ2) is 5.48. The summed E-state index contributed by atoms with van der Waals surface area (Å²) >= 11 is 5.73. The number of carboxylic acids is 1. The zero-order valence-electron chi connectivity index (χ0n) is 9.95. The number of aromatic carboxylic acids is 1. The van der Waals surface area contributed by atoms with E-state index in [9.17, 15) is 13.2 Å². The molecule has 2 N–H and O–H groups in total. The van der Waals surface area contributed by atoms with E-state index in [1.807, 2.05) is 0 Å². The molecular formula is C12H9ClN2O4S. The van der Waals surface area contributed by atoms with Crippen LogP contribution in [0.5, 0.6) is 0 Å². The van der Waals surface area contributed by atoms with Crippen LogP contribution >= 0.6 is 11.6 Å². The van der Waals surface area contributed by atoms with Crippen molar-refractivity contribution >= 4 is 33.4 Å². The Morgan fingerprint density at radius 3 is 2.65 bits per heavy atom. The lowest BCUT2D eigenvalue weighted by Crippen LogP contribution is -2.16. The van der Waals surface area contributed by atoms with E-state index in [-0.39, 0.29) is 21.3 Å². The molecule has 0 aliphatic rings. The van der Waals surface area contributed by atoms with Crippen LogP contribution in [0.15, 0.2) is 47.5 Å². The molecule has 0 radical (unpaired) electrons. The van der Waals surface area contributed by atoms with E-state index in [1.54, 1.807) is 0 Å². The van der Waals surface area contributed by atoms with Crippen LogP contribution in [0.2, 0.25) is 5.02 Å². The number of benzene rings is 1. The van der Waals surface area contributed by atoms with Gasteiger partial charge in [-0.1, -0.05) is 17.7 Å².